The first-order valence-corrected chi connectivity index (χ1v) is 16.4. The molecule has 5 rings (SSSR count). The van der Waals surface area contributed by atoms with Crippen LogP contribution in [0.25, 0.3) is 0 Å². The zero-order chi connectivity index (χ0) is 32.9. The summed E-state index contributed by atoms with van der Waals surface area (Å²) in [4.78, 5) is 67.2. The minimum atomic E-state index is -0.980. The van der Waals surface area contributed by atoms with E-state index >= 15 is 0 Å². The van der Waals surface area contributed by atoms with Crippen molar-refractivity contribution in [3.8, 4) is 0 Å². The van der Waals surface area contributed by atoms with Gasteiger partial charge in [-0.1, -0.05) is 0 Å². The molecule has 1 aromatic carbocycles. The van der Waals surface area contributed by atoms with Gasteiger partial charge in [0.25, 0.3) is 11.8 Å². The summed E-state index contributed by atoms with van der Waals surface area (Å²) in [5.41, 5.74) is 1.02. The highest BCUT2D eigenvalue weighted by molar-refractivity contribution is 6.23. The standard InChI is InChI=1S/C33H47N5O8/c1-32(2,3)46-31(43)37-15-10-33(11-16-37)8-13-36(14-9-33)17-19-45-21-20-44-18-12-34-23-4-5-24-25(22-23)30(42)38(29(24)41)26-6-7-27(39)35-28(26)40/h4-5,22,26,34H,6-21H2,1-3H3,(H,35,39,40). The number of likely N-dealkylation sites (tertiary alicyclic amines) is 2. The van der Waals surface area contributed by atoms with E-state index < -0.39 is 35.3 Å². The second-order valence-electron chi connectivity index (χ2n) is 13.7. The Bertz CT molecular complexity index is 1310. The van der Waals surface area contributed by atoms with Crippen LogP contribution in [0, 0.1) is 5.41 Å². The van der Waals surface area contributed by atoms with Gasteiger partial charge in [-0.3, -0.25) is 29.4 Å². The largest absolute Gasteiger partial charge is 0.444 e. The molecular formula is C33H47N5O8. The van der Waals surface area contributed by atoms with Gasteiger partial charge in [-0.2, -0.15) is 0 Å². The number of hydrogen-bond donors (Lipinski definition) is 2. The molecule has 1 unspecified atom stereocenters. The van der Waals surface area contributed by atoms with Gasteiger partial charge in [0.1, 0.15) is 11.6 Å². The molecule has 46 heavy (non-hydrogen) atoms. The molecule has 0 aliphatic carbocycles. The Kier molecular flexibility index (Phi) is 10.6. The zero-order valence-electron chi connectivity index (χ0n) is 27.2. The molecule has 1 aromatic rings. The van der Waals surface area contributed by atoms with E-state index in [0.29, 0.717) is 44.1 Å². The second kappa shape index (κ2) is 14.5. The molecule has 5 amide bonds. The van der Waals surface area contributed by atoms with Crippen LogP contribution >= 0.6 is 0 Å². The Balaban J connectivity index is 0.915. The maximum Gasteiger partial charge on any atom is 0.410 e. The Labute approximate surface area is 270 Å². The van der Waals surface area contributed by atoms with Crippen LogP contribution in [0.4, 0.5) is 10.5 Å². The molecule has 4 heterocycles. The summed E-state index contributed by atoms with van der Waals surface area (Å²) in [6, 6.07) is 3.93. The number of fused-ring (bicyclic) bond motifs is 1. The summed E-state index contributed by atoms with van der Waals surface area (Å²) in [7, 11) is 0. The predicted molar refractivity (Wildman–Crippen MR) is 168 cm³/mol. The SMILES string of the molecule is CC(C)(C)OC(=O)N1CCC2(CCN(CCOCCOCCNc3ccc4c(c3)C(=O)N(C3CCC(=O)NC3=O)C4=O)CC2)CC1. The average molecular weight is 642 g/mol. The van der Waals surface area contributed by atoms with Crippen molar-refractivity contribution in [2.75, 3.05) is 71.0 Å². The first-order chi connectivity index (χ1) is 21.9. The third-order valence-corrected chi connectivity index (χ3v) is 9.33. The van der Waals surface area contributed by atoms with Crippen molar-refractivity contribution in [2.24, 2.45) is 5.41 Å². The smallest absolute Gasteiger partial charge is 0.410 e. The molecule has 0 aromatic heterocycles. The van der Waals surface area contributed by atoms with Gasteiger partial charge in [0.05, 0.1) is 37.6 Å². The number of amides is 5. The van der Waals surface area contributed by atoms with Crippen molar-refractivity contribution < 1.29 is 38.2 Å². The van der Waals surface area contributed by atoms with Crippen molar-refractivity contribution >= 4 is 35.4 Å². The number of benzene rings is 1. The van der Waals surface area contributed by atoms with Crippen LogP contribution in [-0.4, -0.2) is 122 Å². The predicted octanol–water partition coefficient (Wildman–Crippen LogP) is 2.65. The van der Waals surface area contributed by atoms with E-state index in [9.17, 15) is 24.0 Å². The Hall–Kier alpha value is -3.55. The van der Waals surface area contributed by atoms with E-state index in [0.717, 1.165) is 63.3 Å². The lowest BCUT2D eigenvalue weighted by atomic mass is 9.71. The molecule has 4 aliphatic heterocycles. The molecule has 252 valence electrons. The minimum absolute atomic E-state index is 0.0841. The van der Waals surface area contributed by atoms with Crippen LogP contribution < -0.4 is 10.6 Å². The van der Waals surface area contributed by atoms with Gasteiger partial charge in [0.15, 0.2) is 0 Å². The highest BCUT2D eigenvalue weighted by atomic mass is 16.6. The molecule has 0 bridgehead atoms. The normalized spacial score (nSPS) is 21.8. The average Bonchev–Trinajstić information content (AvgIpc) is 3.25. The number of nitrogens with zero attached hydrogens (tertiary/aromatic N) is 3. The van der Waals surface area contributed by atoms with E-state index in [1.54, 1.807) is 18.2 Å². The number of imide groups is 2. The Morgan fingerprint density at radius 1 is 0.913 bits per heavy atom. The second-order valence-corrected chi connectivity index (χ2v) is 13.7. The number of piperidine rings is 3. The van der Waals surface area contributed by atoms with Crippen LogP contribution in [0.1, 0.15) is 80.0 Å². The van der Waals surface area contributed by atoms with E-state index in [2.05, 4.69) is 15.5 Å². The van der Waals surface area contributed by atoms with Crippen LogP contribution in [0.2, 0.25) is 0 Å². The van der Waals surface area contributed by atoms with Gasteiger partial charge < -0.3 is 29.3 Å². The highest BCUT2D eigenvalue weighted by Crippen LogP contribution is 2.41. The first kappa shape index (κ1) is 33.8. The van der Waals surface area contributed by atoms with Crippen molar-refractivity contribution in [2.45, 2.75) is 70.9 Å². The van der Waals surface area contributed by atoms with E-state index in [4.69, 9.17) is 14.2 Å². The summed E-state index contributed by atoms with van der Waals surface area (Å²) in [6.07, 6.45) is 4.39. The van der Waals surface area contributed by atoms with Crippen LogP contribution in [0.5, 0.6) is 0 Å². The fourth-order valence-electron chi connectivity index (χ4n) is 6.61. The summed E-state index contributed by atoms with van der Waals surface area (Å²) in [5, 5.41) is 5.40. The fourth-order valence-corrected chi connectivity index (χ4v) is 6.61. The van der Waals surface area contributed by atoms with Crippen LogP contribution in [-0.2, 0) is 23.8 Å². The third kappa shape index (κ3) is 8.23. The van der Waals surface area contributed by atoms with Gasteiger partial charge in [0, 0.05) is 38.3 Å². The van der Waals surface area contributed by atoms with E-state index in [1.165, 1.54) is 0 Å². The quantitative estimate of drug-likeness (QED) is 0.273. The number of carbonyl (C=O) groups is 5. The summed E-state index contributed by atoms with van der Waals surface area (Å²) in [6.45, 7) is 12.8. The maximum atomic E-state index is 13.0. The number of anilines is 1. The van der Waals surface area contributed by atoms with Gasteiger partial charge in [-0.05, 0) is 89.6 Å². The fraction of sp³-hybridized carbons (Fsp3) is 0.667. The van der Waals surface area contributed by atoms with Crippen molar-refractivity contribution in [3.05, 3.63) is 29.3 Å². The number of nitrogens with one attached hydrogen (secondary N) is 2. The van der Waals surface area contributed by atoms with Crippen molar-refractivity contribution in [3.63, 3.8) is 0 Å². The molecule has 1 spiro atoms. The zero-order valence-corrected chi connectivity index (χ0v) is 27.2. The monoisotopic (exact) mass is 641 g/mol. The number of hydrogen-bond acceptors (Lipinski definition) is 10. The maximum absolute atomic E-state index is 13.0. The topological polar surface area (TPSA) is 147 Å². The van der Waals surface area contributed by atoms with Gasteiger partial charge in [-0.25, -0.2) is 4.79 Å². The molecule has 1 atom stereocenters. The van der Waals surface area contributed by atoms with E-state index in [1.807, 2.05) is 25.7 Å². The van der Waals surface area contributed by atoms with Gasteiger partial charge in [-0.15, -0.1) is 0 Å². The molecule has 3 saturated heterocycles. The summed E-state index contributed by atoms with van der Waals surface area (Å²) in [5.74, 6) is -2.08. The third-order valence-electron chi connectivity index (χ3n) is 9.33. The van der Waals surface area contributed by atoms with Crippen molar-refractivity contribution in [1.82, 2.24) is 20.0 Å². The number of carbonyl (C=O) groups excluding carboxylic acids is 5. The van der Waals surface area contributed by atoms with E-state index in [-0.39, 0.29) is 30.1 Å². The molecule has 2 N–H and O–H groups in total. The lowest BCUT2D eigenvalue weighted by Crippen LogP contribution is -2.54. The highest BCUT2D eigenvalue weighted by Gasteiger charge is 2.44. The number of ether oxygens (including phenoxy) is 3. The van der Waals surface area contributed by atoms with Gasteiger partial charge in [0.2, 0.25) is 11.8 Å². The Morgan fingerprint density at radius 2 is 1.57 bits per heavy atom. The summed E-state index contributed by atoms with van der Waals surface area (Å²) < 4.78 is 17.0. The minimum Gasteiger partial charge on any atom is -0.444 e. The molecule has 3 fully saturated rings. The van der Waals surface area contributed by atoms with Crippen LogP contribution in [0.15, 0.2) is 18.2 Å². The molecule has 4 aliphatic rings. The van der Waals surface area contributed by atoms with Crippen molar-refractivity contribution in [1.29, 1.82) is 0 Å². The molecular weight excluding hydrogens is 594 g/mol. The molecule has 0 saturated carbocycles. The lowest BCUT2D eigenvalue weighted by molar-refractivity contribution is -0.136. The molecule has 13 nitrogen and oxygen atoms in total. The van der Waals surface area contributed by atoms with Gasteiger partial charge >= 0.3 is 6.09 Å². The molecule has 13 heteroatoms. The Morgan fingerprint density at radius 3 is 2.24 bits per heavy atom. The van der Waals surface area contributed by atoms with Crippen LogP contribution in [0.3, 0.4) is 0 Å². The lowest BCUT2D eigenvalue weighted by Gasteiger charge is -2.46. The summed E-state index contributed by atoms with van der Waals surface area (Å²) >= 11 is 0. The molecule has 0 radical (unpaired) electrons. The first-order valence-electron chi connectivity index (χ1n) is 16.4. The number of rotatable bonds is 11.